The highest BCUT2D eigenvalue weighted by Crippen LogP contribution is 2.30. The molecule has 0 N–H and O–H groups in total. The SMILES string of the molecule is CC(C)n1nc(-c2nccs2)c2ccccc21. The molecule has 0 bridgehead atoms. The molecular weight excluding hydrogens is 230 g/mol. The van der Waals surface area contributed by atoms with Gasteiger partial charge < -0.3 is 0 Å². The number of fused-ring (bicyclic) bond motifs is 1. The third kappa shape index (κ3) is 1.65. The number of thiazole rings is 1. The number of benzene rings is 1. The van der Waals surface area contributed by atoms with Crippen LogP contribution < -0.4 is 0 Å². The summed E-state index contributed by atoms with van der Waals surface area (Å²) in [4.78, 5) is 4.35. The first-order valence-electron chi connectivity index (χ1n) is 5.64. The minimum Gasteiger partial charge on any atom is -0.262 e. The molecule has 0 atom stereocenters. The predicted octanol–water partition coefficient (Wildman–Crippen LogP) is 3.74. The molecule has 0 saturated carbocycles. The number of hydrogen-bond acceptors (Lipinski definition) is 3. The van der Waals surface area contributed by atoms with Crippen LogP contribution in [0, 0.1) is 0 Å². The number of para-hydroxylation sites is 1. The van der Waals surface area contributed by atoms with Crippen LogP contribution in [0.1, 0.15) is 19.9 Å². The first kappa shape index (κ1) is 10.5. The second kappa shape index (κ2) is 3.96. The molecule has 0 aliphatic rings. The highest BCUT2D eigenvalue weighted by molar-refractivity contribution is 7.13. The van der Waals surface area contributed by atoms with Crippen LogP contribution in [0.15, 0.2) is 35.8 Å². The molecule has 3 aromatic rings. The largest absolute Gasteiger partial charge is 0.262 e. The number of aromatic nitrogens is 3. The fraction of sp³-hybridized carbons (Fsp3) is 0.231. The van der Waals surface area contributed by atoms with Gasteiger partial charge in [-0.2, -0.15) is 5.10 Å². The van der Waals surface area contributed by atoms with Gasteiger partial charge >= 0.3 is 0 Å². The standard InChI is InChI=1S/C13H13N3S/c1-9(2)16-11-6-4-3-5-10(11)12(15-16)13-14-7-8-17-13/h3-9H,1-2H3. The average molecular weight is 243 g/mol. The van der Waals surface area contributed by atoms with Gasteiger partial charge in [0.1, 0.15) is 10.7 Å². The van der Waals surface area contributed by atoms with Gasteiger partial charge in [-0.25, -0.2) is 4.98 Å². The van der Waals surface area contributed by atoms with Crippen LogP contribution >= 0.6 is 11.3 Å². The molecule has 0 fully saturated rings. The summed E-state index contributed by atoms with van der Waals surface area (Å²) in [7, 11) is 0. The molecule has 0 spiro atoms. The van der Waals surface area contributed by atoms with Gasteiger partial charge in [0.2, 0.25) is 0 Å². The molecular formula is C13H13N3S. The third-order valence-electron chi connectivity index (χ3n) is 2.74. The normalized spacial score (nSPS) is 11.5. The molecule has 0 aliphatic carbocycles. The van der Waals surface area contributed by atoms with E-state index in [0.29, 0.717) is 6.04 Å². The molecule has 0 amide bonds. The van der Waals surface area contributed by atoms with Crippen molar-refractivity contribution in [3.63, 3.8) is 0 Å². The van der Waals surface area contributed by atoms with E-state index in [-0.39, 0.29) is 0 Å². The van der Waals surface area contributed by atoms with Crippen molar-refractivity contribution < 1.29 is 0 Å². The Morgan fingerprint density at radius 2 is 2.06 bits per heavy atom. The Balaban J connectivity index is 2.33. The lowest BCUT2D eigenvalue weighted by atomic mass is 10.2. The summed E-state index contributed by atoms with van der Waals surface area (Å²) in [6.07, 6.45) is 1.82. The summed E-state index contributed by atoms with van der Waals surface area (Å²) < 4.78 is 2.06. The summed E-state index contributed by atoms with van der Waals surface area (Å²) >= 11 is 1.63. The lowest BCUT2D eigenvalue weighted by Gasteiger charge is -2.05. The van der Waals surface area contributed by atoms with Crippen LogP contribution in [0.5, 0.6) is 0 Å². The Hall–Kier alpha value is -1.68. The topological polar surface area (TPSA) is 30.7 Å². The maximum atomic E-state index is 4.70. The van der Waals surface area contributed by atoms with Gasteiger partial charge in [-0.1, -0.05) is 18.2 Å². The van der Waals surface area contributed by atoms with Crippen LogP contribution in [-0.4, -0.2) is 14.8 Å². The predicted molar refractivity (Wildman–Crippen MR) is 71.2 cm³/mol. The Labute approximate surface area is 104 Å². The lowest BCUT2D eigenvalue weighted by Crippen LogP contribution is -2.02. The zero-order valence-electron chi connectivity index (χ0n) is 9.79. The fourth-order valence-corrected chi connectivity index (χ4v) is 2.62. The second-order valence-electron chi connectivity index (χ2n) is 4.24. The van der Waals surface area contributed by atoms with Gasteiger partial charge in [-0.3, -0.25) is 4.68 Å². The first-order chi connectivity index (χ1) is 8.27. The van der Waals surface area contributed by atoms with Crippen molar-refractivity contribution in [2.75, 3.05) is 0 Å². The van der Waals surface area contributed by atoms with Gasteiger partial charge in [0.05, 0.1) is 5.52 Å². The van der Waals surface area contributed by atoms with Crippen molar-refractivity contribution in [2.24, 2.45) is 0 Å². The van der Waals surface area contributed by atoms with E-state index >= 15 is 0 Å². The van der Waals surface area contributed by atoms with Gasteiger partial charge in [0.15, 0.2) is 0 Å². The maximum absolute atomic E-state index is 4.70. The van der Waals surface area contributed by atoms with Crippen molar-refractivity contribution in [2.45, 2.75) is 19.9 Å². The van der Waals surface area contributed by atoms with Crippen molar-refractivity contribution in [1.29, 1.82) is 0 Å². The molecule has 2 heterocycles. The summed E-state index contributed by atoms with van der Waals surface area (Å²) in [5.41, 5.74) is 2.16. The molecule has 0 saturated heterocycles. The van der Waals surface area contributed by atoms with E-state index < -0.39 is 0 Å². The van der Waals surface area contributed by atoms with Crippen molar-refractivity contribution in [3.05, 3.63) is 35.8 Å². The highest BCUT2D eigenvalue weighted by atomic mass is 32.1. The number of hydrogen-bond donors (Lipinski definition) is 0. The molecule has 2 aromatic heterocycles. The smallest absolute Gasteiger partial charge is 0.144 e. The maximum Gasteiger partial charge on any atom is 0.144 e. The molecule has 3 nitrogen and oxygen atoms in total. The molecule has 86 valence electrons. The van der Waals surface area contributed by atoms with E-state index in [9.17, 15) is 0 Å². The Morgan fingerprint density at radius 1 is 1.24 bits per heavy atom. The molecule has 1 aromatic carbocycles. The van der Waals surface area contributed by atoms with Crippen molar-refractivity contribution in [3.8, 4) is 10.7 Å². The van der Waals surface area contributed by atoms with Crippen LogP contribution in [0.25, 0.3) is 21.6 Å². The lowest BCUT2D eigenvalue weighted by molar-refractivity contribution is 0.552. The monoisotopic (exact) mass is 243 g/mol. The molecule has 4 heteroatoms. The Bertz CT molecular complexity index is 638. The number of nitrogens with zero attached hydrogens (tertiary/aromatic N) is 3. The van der Waals surface area contributed by atoms with E-state index in [1.54, 1.807) is 11.3 Å². The van der Waals surface area contributed by atoms with Gasteiger partial charge in [0.25, 0.3) is 0 Å². The van der Waals surface area contributed by atoms with Crippen LogP contribution in [0.2, 0.25) is 0 Å². The van der Waals surface area contributed by atoms with E-state index in [1.807, 2.05) is 17.6 Å². The summed E-state index contributed by atoms with van der Waals surface area (Å²) in [6, 6.07) is 8.67. The van der Waals surface area contributed by atoms with E-state index in [4.69, 9.17) is 5.10 Å². The summed E-state index contributed by atoms with van der Waals surface area (Å²) in [5.74, 6) is 0. The quantitative estimate of drug-likeness (QED) is 0.686. The zero-order valence-corrected chi connectivity index (χ0v) is 10.6. The summed E-state index contributed by atoms with van der Waals surface area (Å²) in [6.45, 7) is 4.29. The van der Waals surface area contributed by atoms with Crippen LogP contribution in [0.4, 0.5) is 0 Å². The van der Waals surface area contributed by atoms with Gasteiger partial charge in [0, 0.05) is 23.0 Å². The Kier molecular flexibility index (Phi) is 2.44. The van der Waals surface area contributed by atoms with Crippen LogP contribution in [0.3, 0.4) is 0 Å². The zero-order chi connectivity index (χ0) is 11.8. The summed E-state index contributed by atoms with van der Waals surface area (Å²) in [5, 5.41) is 8.84. The Morgan fingerprint density at radius 3 is 2.76 bits per heavy atom. The minimum atomic E-state index is 0.355. The van der Waals surface area contributed by atoms with E-state index in [1.165, 1.54) is 10.9 Å². The van der Waals surface area contributed by atoms with Crippen molar-refractivity contribution in [1.82, 2.24) is 14.8 Å². The van der Waals surface area contributed by atoms with E-state index in [2.05, 4.69) is 41.7 Å². The van der Waals surface area contributed by atoms with Crippen molar-refractivity contribution >= 4 is 22.2 Å². The van der Waals surface area contributed by atoms with Crippen LogP contribution in [-0.2, 0) is 0 Å². The molecule has 0 radical (unpaired) electrons. The first-order valence-corrected chi connectivity index (χ1v) is 6.52. The fourth-order valence-electron chi connectivity index (χ4n) is 1.98. The minimum absolute atomic E-state index is 0.355. The number of rotatable bonds is 2. The molecule has 0 unspecified atom stereocenters. The van der Waals surface area contributed by atoms with Gasteiger partial charge in [-0.05, 0) is 19.9 Å². The average Bonchev–Trinajstić information content (AvgIpc) is 2.95. The highest BCUT2D eigenvalue weighted by Gasteiger charge is 2.14. The third-order valence-corrected chi connectivity index (χ3v) is 3.52. The van der Waals surface area contributed by atoms with E-state index in [0.717, 1.165) is 10.7 Å². The molecule has 0 aliphatic heterocycles. The molecule has 17 heavy (non-hydrogen) atoms. The molecule has 3 rings (SSSR count). The second-order valence-corrected chi connectivity index (χ2v) is 5.14. The van der Waals surface area contributed by atoms with Gasteiger partial charge in [-0.15, -0.1) is 11.3 Å².